The molecule has 0 saturated carbocycles. The molecule has 19 heavy (non-hydrogen) atoms. The van der Waals surface area contributed by atoms with Gasteiger partial charge in [-0.05, 0) is 13.8 Å². The highest BCUT2D eigenvalue weighted by molar-refractivity contribution is 6.17. The molecule has 0 N–H and O–H groups in total. The number of hydrogen-bond acceptors (Lipinski definition) is 4. The molecule has 4 nitrogen and oxygen atoms in total. The Balaban J connectivity index is -0.000000214. The van der Waals surface area contributed by atoms with E-state index in [9.17, 15) is 9.59 Å². The fourth-order valence-corrected chi connectivity index (χ4v) is 0.446. The zero-order valence-electron chi connectivity index (χ0n) is 11.7. The SMILES string of the molecule is C=C(C)C(=O)OC.C=C(C)C(=O)OCCl.C=CC=C. The second-order valence-corrected chi connectivity index (χ2v) is 3.28. The molecule has 0 amide bonds. The predicted molar refractivity (Wildman–Crippen MR) is 78.9 cm³/mol. The molecule has 0 unspecified atom stereocenters. The molecule has 0 radical (unpaired) electrons. The normalized spacial score (nSPS) is 7.37. The summed E-state index contributed by atoms with van der Waals surface area (Å²) in [7, 11) is 1.33. The Morgan fingerprint density at radius 3 is 1.47 bits per heavy atom. The van der Waals surface area contributed by atoms with Crippen molar-refractivity contribution in [3.8, 4) is 0 Å². The average molecular weight is 289 g/mol. The maximum atomic E-state index is 10.3. The Hall–Kier alpha value is -1.81. The standard InChI is InChI=1S/C5H7ClO2.C5H8O2.C4H6/c1-4(2)5(7)8-3-6;1-4(2)5(6)7-3;1-3-4-2/h1,3H2,2H3;1H2,2-3H3;3-4H,1-2H2. The number of carbonyl (C=O) groups is 2. The number of halogens is 1. The van der Waals surface area contributed by atoms with Crippen LogP contribution in [0.3, 0.4) is 0 Å². The van der Waals surface area contributed by atoms with Gasteiger partial charge in [0.2, 0.25) is 0 Å². The van der Waals surface area contributed by atoms with Gasteiger partial charge in [0.05, 0.1) is 7.11 Å². The van der Waals surface area contributed by atoms with Crippen molar-refractivity contribution >= 4 is 23.5 Å². The van der Waals surface area contributed by atoms with E-state index in [0.717, 1.165) is 0 Å². The Bertz CT molecular complexity index is 326. The molecule has 108 valence electrons. The third kappa shape index (κ3) is 21.9. The molecule has 0 aromatic heterocycles. The molecular formula is C14H21ClO4. The molecule has 0 atom stereocenters. The molecule has 5 heteroatoms. The summed E-state index contributed by atoms with van der Waals surface area (Å²) in [6, 6.07) is -0.105. The summed E-state index contributed by atoms with van der Waals surface area (Å²) >= 11 is 5.06. The lowest BCUT2D eigenvalue weighted by molar-refractivity contribution is -0.137. The van der Waals surface area contributed by atoms with Crippen LogP contribution in [0.15, 0.2) is 49.6 Å². The third-order valence-corrected chi connectivity index (χ3v) is 1.34. The average Bonchev–Trinajstić information content (AvgIpc) is 2.38. The first-order valence-corrected chi connectivity index (χ1v) is 5.67. The van der Waals surface area contributed by atoms with Crippen LogP contribution in [0.25, 0.3) is 0 Å². The van der Waals surface area contributed by atoms with Crippen molar-refractivity contribution < 1.29 is 19.1 Å². The smallest absolute Gasteiger partial charge is 0.334 e. The highest BCUT2D eigenvalue weighted by atomic mass is 35.5. The molecule has 0 saturated heterocycles. The zero-order valence-corrected chi connectivity index (χ0v) is 12.5. The van der Waals surface area contributed by atoms with Crippen LogP contribution >= 0.6 is 11.6 Å². The molecule has 0 rings (SSSR count). The van der Waals surface area contributed by atoms with Crippen LogP contribution in [0, 0.1) is 0 Å². The summed E-state index contributed by atoms with van der Waals surface area (Å²) in [5.41, 5.74) is 0.799. The van der Waals surface area contributed by atoms with E-state index >= 15 is 0 Å². The summed E-state index contributed by atoms with van der Waals surface area (Å²) in [4.78, 5) is 20.5. The van der Waals surface area contributed by atoms with Crippen molar-refractivity contribution in [2.24, 2.45) is 0 Å². The van der Waals surface area contributed by atoms with Crippen molar-refractivity contribution in [3.05, 3.63) is 49.6 Å². The summed E-state index contributed by atoms with van der Waals surface area (Å²) < 4.78 is 8.60. The molecule has 0 aliphatic carbocycles. The topological polar surface area (TPSA) is 52.6 Å². The summed E-state index contributed by atoms with van der Waals surface area (Å²) in [5.74, 6) is -0.792. The van der Waals surface area contributed by atoms with E-state index in [4.69, 9.17) is 11.6 Å². The molecule has 0 aliphatic heterocycles. The van der Waals surface area contributed by atoms with Gasteiger partial charge in [0.25, 0.3) is 0 Å². The third-order valence-electron chi connectivity index (χ3n) is 1.23. The number of hydrogen-bond donors (Lipinski definition) is 0. The van der Waals surface area contributed by atoms with Crippen LogP contribution in [0.1, 0.15) is 13.8 Å². The number of methoxy groups -OCH3 is 1. The molecule has 0 bridgehead atoms. The molecular weight excluding hydrogens is 268 g/mol. The highest BCUT2D eigenvalue weighted by Crippen LogP contribution is 1.91. The van der Waals surface area contributed by atoms with Gasteiger partial charge in [-0.2, -0.15) is 0 Å². The van der Waals surface area contributed by atoms with E-state index in [1.165, 1.54) is 7.11 Å². The van der Waals surface area contributed by atoms with Gasteiger partial charge in [-0.25, -0.2) is 9.59 Å². The number of allylic oxidation sites excluding steroid dienone is 2. The van der Waals surface area contributed by atoms with Crippen LogP contribution in [0.2, 0.25) is 0 Å². The Morgan fingerprint density at radius 1 is 1.05 bits per heavy atom. The lowest BCUT2D eigenvalue weighted by Crippen LogP contribution is -2.02. The van der Waals surface area contributed by atoms with Gasteiger partial charge >= 0.3 is 11.9 Å². The van der Waals surface area contributed by atoms with Crippen molar-refractivity contribution in [2.45, 2.75) is 13.8 Å². The molecule has 0 fully saturated rings. The van der Waals surface area contributed by atoms with Gasteiger partial charge in [-0.3, -0.25) is 0 Å². The molecule has 0 spiro atoms. The Labute approximate surface area is 120 Å². The minimum absolute atomic E-state index is 0.105. The first-order chi connectivity index (χ1) is 8.78. The van der Waals surface area contributed by atoms with E-state index in [-0.39, 0.29) is 12.0 Å². The van der Waals surface area contributed by atoms with Crippen LogP contribution in [0.4, 0.5) is 0 Å². The summed E-state index contributed by atoms with van der Waals surface area (Å²) in [6.07, 6.45) is 3.28. The number of carbonyl (C=O) groups excluding carboxylic acids is 2. The highest BCUT2D eigenvalue weighted by Gasteiger charge is 1.98. The van der Waals surface area contributed by atoms with Gasteiger partial charge in [0.1, 0.15) is 0 Å². The molecule has 0 aliphatic rings. The Kier molecular flexibility index (Phi) is 19.1. The fourth-order valence-electron chi connectivity index (χ4n) is 0.347. The Morgan fingerprint density at radius 2 is 1.42 bits per heavy atom. The number of rotatable bonds is 4. The first-order valence-electron chi connectivity index (χ1n) is 5.14. The van der Waals surface area contributed by atoms with Gasteiger partial charge in [-0.1, -0.05) is 50.1 Å². The largest absolute Gasteiger partial charge is 0.466 e. The number of ether oxygens (including phenoxy) is 2. The maximum absolute atomic E-state index is 10.3. The van der Waals surface area contributed by atoms with Crippen molar-refractivity contribution in [3.63, 3.8) is 0 Å². The van der Waals surface area contributed by atoms with Crippen molar-refractivity contribution in [2.75, 3.05) is 13.2 Å². The van der Waals surface area contributed by atoms with E-state index in [0.29, 0.717) is 11.1 Å². The first kappa shape index (κ1) is 22.4. The second kappa shape index (κ2) is 16.2. The number of alkyl halides is 1. The monoisotopic (exact) mass is 288 g/mol. The molecule has 0 aromatic rings. The predicted octanol–water partition coefficient (Wildman–Crippen LogP) is 3.40. The van der Waals surface area contributed by atoms with Gasteiger partial charge in [0.15, 0.2) is 6.07 Å². The van der Waals surface area contributed by atoms with Gasteiger partial charge in [-0.15, -0.1) is 0 Å². The van der Waals surface area contributed by atoms with E-state index in [1.54, 1.807) is 26.0 Å². The summed E-state index contributed by atoms with van der Waals surface area (Å²) in [6.45, 7) is 16.6. The minimum atomic E-state index is -0.444. The molecule has 0 heterocycles. The quantitative estimate of drug-likeness (QED) is 0.344. The maximum Gasteiger partial charge on any atom is 0.334 e. The minimum Gasteiger partial charge on any atom is -0.466 e. The number of esters is 2. The van der Waals surface area contributed by atoms with Crippen LogP contribution in [0.5, 0.6) is 0 Å². The van der Waals surface area contributed by atoms with Crippen molar-refractivity contribution in [1.82, 2.24) is 0 Å². The van der Waals surface area contributed by atoms with Gasteiger partial charge < -0.3 is 9.47 Å². The molecule has 0 aromatic carbocycles. The van der Waals surface area contributed by atoms with Crippen LogP contribution in [-0.2, 0) is 19.1 Å². The fraction of sp³-hybridized carbons (Fsp3) is 0.286. The summed E-state index contributed by atoms with van der Waals surface area (Å²) in [5, 5.41) is 0. The van der Waals surface area contributed by atoms with Crippen LogP contribution < -0.4 is 0 Å². The van der Waals surface area contributed by atoms with E-state index < -0.39 is 5.97 Å². The lowest BCUT2D eigenvalue weighted by atomic mass is 10.4. The second-order valence-electron chi connectivity index (χ2n) is 3.06. The zero-order chi connectivity index (χ0) is 15.8. The van der Waals surface area contributed by atoms with Crippen molar-refractivity contribution in [1.29, 1.82) is 0 Å². The lowest BCUT2D eigenvalue weighted by Gasteiger charge is -1.95. The van der Waals surface area contributed by atoms with Crippen LogP contribution in [-0.4, -0.2) is 25.1 Å². The van der Waals surface area contributed by atoms with E-state index in [2.05, 4.69) is 35.8 Å². The van der Waals surface area contributed by atoms with Gasteiger partial charge in [0, 0.05) is 11.1 Å². The van der Waals surface area contributed by atoms with E-state index in [1.807, 2.05) is 0 Å².